The van der Waals surface area contributed by atoms with Gasteiger partial charge in [-0.25, -0.2) is 0 Å². The lowest BCUT2D eigenvalue weighted by atomic mass is 10.1. The molecule has 0 saturated carbocycles. The molecule has 1 atom stereocenters. The predicted molar refractivity (Wildman–Crippen MR) is 82.1 cm³/mol. The van der Waals surface area contributed by atoms with Crippen molar-refractivity contribution in [1.29, 1.82) is 0 Å². The summed E-state index contributed by atoms with van der Waals surface area (Å²) in [7, 11) is 1.63. The molecule has 0 amide bonds. The van der Waals surface area contributed by atoms with E-state index in [9.17, 15) is 5.11 Å². The molecule has 0 radical (unpaired) electrons. The summed E-state index contributed by atoms with van der Waals surface area (Å²) in [6, 6.07) is 7.45. The Bertz CT molecular complexity index is 335. The number of hydrogen-bond acceptors (Lipinski definition) is 3. The topological polar surface area (TPSA) is 38.7 Å². The summed E-state index contributed by atoms with van der Waals surface area (Å²) >= 11 is 0. The van der Waals surface area contributed by atoms with Gasteiger partial charge in [0.2, 0.25) is 0 Å². The lowest BCUT2D eigenvalue weighted by Gasteiger charge is -2.12. The Morgan fingerprint density at radius 3 is 2.30 bits per heavy atom. The van der Waals surface area contributed by atoms with Gasteiger partial charge in [0.15, 0.2) is 0 Å². The smallest absolute Gasteiger partial charge is 0.118 e. The molecular formula is C17H28O3. The van der Waals surface area contributed by atoms with E-state index in [2.05, 4.69) is 6.92 Å². The fourth-order valence-electron chi connectivity index (χ4n) is 2.10. The van der Waals surface area contributed by atoms with Gasteiger partial charge in [0.05, 0.1) is 13.7 Å². The molecule has 0 spiro atoms. The third-order valence-electron chi connectivity index (χ3n) is 3.42. The van der Waals surface area contributed by atoms with Crippen LogP contribution in [0.4, 0.5) is 0 Å². The highest BCUT2D eigenvalue weighted by atomic mass is 16.5. The van der Waals surface area contributed by atoms with Gasteiger partial charge in [0, 0.05) is 6.61 Å². The third kappa shape index (κ3) is 6.92. The van der Waals surface area contributed by atoms with Crippen LogP contribution < -0.4 is 4.74 Å². The first-order chi connectivity index (χ1) is 9.77. The molecule has 0 aliphatic heterocycles. The lowest BCUT2D eigenvalue weighted by Crippen LogP contribution is -2.08. The molecule has 1 N–H and O–H groups in total. The van der Waals surface area contributed by atoms with Crippen molar-refractivity contribution in [3.8, 4) is 5.75 Å². The van der Waals surface area contributed by atoms with Crippen molar-refractivity contribution < 1.29 is 14.6 Å². The molecular weight excluding hydrogens is 252 g/mol. The predicted octanol–water partition coefficient (Wildman–Crippen LogP) is 4.11. The van der Waals surface area contributed by atoms with Crippen LogP contribution in [0.1, 0.15) is 57.1 Å². The number of ether oxygens (including phenoxy) is 2. The second-order valence-electron chi connectivity index (χ2n) is 5.13. The minimum Gasteiger partial charge on any atom is -0.497 e. The fraction of sp³-hybridized carbons (Fsp3) is 0.647. The third-order valence-corrected chi connectivity index (χ3v) is 3.42. The van der Waals surface area contributed by atoms with Crippen LogP contribution in [0, 0.1) is 0 Å². The highest BCUT2D eigenvalue weighted by molar-refractivity contribution is 5.28. The Balaban J connectivity index is 2.08. The number of hydrogen-bond donors (Lipinski definition) is 1. The van der Waals surface area contributed by atoms with E-state index in [1.165, 1.54) is 32.1 Å². The Morgan fingerprint density at radius 2 is 1.65 bits per heavy atom. The second-order valence-corrected chi connectivity index (χ2v) is 5.13. The quantitative estimate of drug-likeness (QED) is 0.620. The van der Waals surface area contributed by atoms with Crippen molar-refractivity contribution in [1.82, 2.24) is 0 Å². The lowest BCUT2D eigenvalue weighted by molar-refractivity contribution is 0.0344. The van der Waals surface area contributed by atoms with Crippen LogP contribution in [0.25, 0.3) is 0 Å². The average molecular weight is 280 g/mol. The summed E-state index contributed by atoms with van der Waals surface area (Å²) in [5.41, 5.74) is 0.869. The Hall–Kier alpha value is -1.06. The molecule has 1 aromatic rings. The van der Waals surface area contributed by atoms with Crippen LogP contribution >= 0.6 is 0 Å². The van der Waals surface area contributed by atoms with Crippen LogP contribution in [0.15, 0.2) is 24.3 Å². The van der Waals surface area contributed by atoms with Crippen molar-refractivity contribution in [2.24, 2.45) is 0 Å². The molecule has 0 aromatic heterocycles. The van der Waals surface area contributed by atoms with E-state index in [1.54, 1.807) is 7.11 Å². The van der Waals surface area contributed by atoms with Gasteiger partial charge in [-0.1, -0.05) is 51.2 Å². The van der Waals surface area contributed by atoms with E-state index >= 15 is 0 Å². The first-order valence-electron chi connectivity index (χ1n) is 7.67. The summed E-state index contributed by atoms with van der Waals surface area (Å²) in [5.74, 6) is 0.800. The van der Waals surface area contributed by atoms with Gasteiger partial charge in [0.25, 0.3) is 0 Å². The van der Waals surface area contributed by atoms with Crippen molar-refractivity contribution in [3.63, 3.8) is 0 Å². The van der Waals surface area contributed by atoms with Crippen molar-refractivity contribution in [3.05, 3.63) is 29.8 Å². The number of rotatable bonds is 11. The van der Waals surface area contributed by atoms with Gasteiger partial charge in [-0.05, 0) is 24.1 Å². The van der Waals surface area contributed by atoms with Gasteiger partial charge in [-0.3, -0.25) is 0 Å². The highest BCUT2D eigenvalue weighted by Gasteiger charge is 2.07. The van der Waals surface area contributed by atoms with Crippen LogP contribution in [0.2, 0.25) is 0 Å². The Kier molecular flexibility index (Phi) is 9.09. The summed E-state index contributed by atoms with van der Waals surface area (Å²) < 4.78 is 10.6. The van der Waals surface area contributed by atoms with Crippen LogP contribution in [0.3, 0.4) is 0 Å². The molecule has 3 nitrogen and oxygen atoms in total. The van der Waals surface area contributed by atoms with E-state index in [0.29, 0.717) is 6.61 Å². The van der Waals surface area contributed by atoms with Crippen LogP contribution in [-0.2, 0) is 4.74 Å². The molecule has 0 bridgehead atoms. The van der Waals surface area contributed by atoms with Gasteiger partial charge >= 0.3 is 0 Å². The van der Waals surface area contributed by atoms with Gasteiger partial charge in [0.1, 0.15) is 11.9 Å². The molecule has 0 aliphatic carbocycles. The van der Waals surface area contributed by atoms with E-state index in [0.717, 1.165) is 24.3 Å². The average Bonchev–Trinajstić information content (AvgIpc) is 2.50. The number of aliphatic hydroxyl groups is 1. The standard InChI is InChI=1S/C17H28O3/c1-3-4-5-6-7-8-13-20-14-17(18)15-9-11-16(19-2)12-10-15/h9-12,17-18H,3-8,13-14H2,1-2H3. The van der Waals surface area contributed by atoms with E-state index < -0.39 is 6.10 Å². The summed E-state index contributed by atoms with van der Waals surface area (Å²) in [6.45, 7) is 3.32. The molecule has 1 rings (SSSR count). The van der Waals surface area contributed by atoms with Gasteiger partial charge in [-0.2, -0.15) is 0 Å². The SMILES string of the molecule is CCCCCCCCOCC(O)c1ccc(OC)cc1. The second kappa shape index (κ2) is 10.7. The Morgan fingerprint density at radius 1 is 1.00 bits per heavy atom. The summed E-state index contributed by atoms with van der Waals surface area (Å²) in [4.78, 5) is 0. The molecule has 0 aliphatic rings. The zero-order chi connectivity index (χ0) is 14.6. The summed E-state index contributed by atoms with van der Waals surface area (Å²) in [6.07, 6.45) is 6.98. The van der Waals surface area contributed by atoms with E-state index in [4.69, 9.17) is 9.47 Å². The van der Waals surface area contributed by atoms with Crippen molar-refractivity contribution >= 4 is 0 Å². The molecule has 0 saturated heterocycles. The summed E-state index contributed by atoms with van der Waals surface area (Å²) in [5, 5.41) is 9.99. The molecule has 0 heterocycles. The number of methoxy groups -OCH3 is 1. The zero-order valence-electron chi connectivity index (χ0n) is 12.8. The minimum atomic E-state index is -0.555. The molecule has 1 aromatic carbocycles. The fourth-order valence-corrected chi connectivity index (χ4v) is 2.10. The zero-order valence-corrected chi connectivity index (χ0v) is 12.8. The highest BCUT2D eigenvalue weighted by Crippen LogP contribution is 2.17. The van der Waals surface area contributed by atoms with Crippen LogP contribution in [0.5, 0.6) is 5.75 Å². The molecule has 1 unspecified atom stereocenters. The Labute approximate surface area is 122 Å². The number of aliphatic hydroxyl groups excluding tert-OH is 1. The maximum atomic E-state index is 9.99. The molecule has 3 heteroatoms. The monoisotopic (exact) mass is 280 g/mol. The van der Waals surface area contributed by atoms with Crippen molar-refractivity contribution in [2.75, 3.05) is 20.3 Å². The maximum Gasteiger partial charge on any atom is 0.118 e. The first kappa shape index (κ1) is 17.0. The van der Waals surface area contributed by atoms with E-state index in [-0.39, 0.29) is 0 Å². The maximum absolute atomic E-state index is 9.99. The van der Waals surface area contributed by atoms with Gasteiger partial charge in [-0.15, -0.1) is 0 Å². The normalized spacial score (nSPS) is 12.3. The molecule has 0 fully saturated rings. The number of benzene rings is 1. The molecule has 20 heavy (non-hydrogen) atoms. The first-order valence-corrected chi connectivity index (χ1v) is 7.67. The van der Waals surface area contributed by atoms with Crippen LogP contribution in [-0.4, -0.2) is 25.4 Å². The van der Waals surface area contributed by atoms with Gasteiger partial charge < -0.3 is 14.6 Å². The van der Waals surface area contributed by atoms with Crippen molar-refractivity contribution in [2.45, 2.75) is 51.6 Å². The molecule has 114 valence electrons. The van der Waals surface area contributed by atoms with E-state index in [1.807, 2.05) is 24.3 Å². The largest absolute Gasteiger partial charge is 0.497 e. The minimum absolute atomic E-state index is 0.362. The number of unbranched alkanes of at least 4 members (excludes halogenated alkanes) is 5.